The summed E-state index contributed by atoms with van der Waals surface area (Å²) in [6.07, 6.45) is 12.7. The number of hydrogen-bond donors (Lipinski definition) is 0. The molecular weight excluding hydrogens is 1100 g/mol. The van der Waals surface area contributed by atoms with Crippen molar-refractivity contribution in [2.24, 2.45) is 0 Å². The second-order valence-electron chi connectivity index (χ2n) is 22.0. The number of halogens is 6. The van der Waals surface area contributed by atoms with Gasteiger partial charge in [-0.05, 0) is 108 Å². The molecule has 10 aromatic rings. The van der Waals surface area contributed by atoms with E-state index < -0.39 is 13.9 Å². The normalized spacial score (nSPS) is 13.8. The first-order valence-electron chi connectivity index (χ1n) is 29.3. The predicted octanol–water partition coefficient (Wildman–Crippen LogP) is 16.4. The van der Waals surface area contributed by atoms with Gasteiger partial charge >= 0.3 is 13.9 Å². The highest BCUT2D eigenvalue weighted by molar-refractivity contribution is 6.59. The zero-order valence-electron chi connectivity index (χ0n) is 46.8. The smallest absolute Gasteiger partial charge is 0.494 e. The first-order chi connectivity index (χ1) is 40.9. The first-order valence-corrected chi connectivity index (χ1v) is 30.0. The van der Waals surface area contributed by atoms with Crippen molar-refractivity contribution >= 4 is 80.9 Å². The van der Waals surface area contributed by atoms with Gasteiger partial charge in [0.05, 0.1) is 24.0 Å². The van der Waals surface area contributed by atoms with Gasteiger partial charge in [-0.2, -0.15) is 10.5 Å². The van der Waals surface area contributed by atoms with Gasteiger partial charge in [0.15, 0.2) is 22.4 Å². The van der Waals surface area contributed by atoms with Gasteiger partial charge < -0.3 is 44.6 Å². The van der Waals surface area contributed by atoms with Crippen LogP contribution < -0.4 is 29.1 Å². The fraction of sp³-hybridized carbons (Fsp3) is 0.235. The van der Waals surface area contributed by atoms with Gasteiger partial charge in [-0.15, -0.1) is 0 Å². The van der Waals surface area contributed by atoms with E-state index in [1.54, 1.807) is 72.8 Å². The van der Waals surface area contributed by atoms with Crippen molar-refractivity contribution in [1.29, 1.82) is 10.5 Å². The highest BCUT2D eigenvalue weighted by atomic mass is 35.5. The summed E-state index contributed by atoms with van der Waals surface area (Å²) < 4.78 is 93.4. The van der Waals surface area contributed by atoms with Gasteiger partial charge in [-0.1, -0.05) is 162 Å². The fourth-order valence-corrected chi connectivity index (χ4v) is 13.1. The summed E-state index contributed by atoms with van der Waals surface area (Å²) in [6, 6.07) is 49.1. The highest BCUT2D eigenvalue weighted by Crippen LogP contribution is 2.43. The second kappa shape index (κ2) is 23.4. The van der Waals surface area contributed by atoms with Crippen molar-refractivity contribution in [3.63, 3.8) is 0 Å². The number of unbranched alkanes of at least 4 members (excludes halogenated alkanes) is 10. The Morgan fingerprint density at radius 3 is 1.19 bits per heavy atom. The first kappa shape index (κ1) is 56.2. The number of rotatable bonds is 20. The lowest BCUT2D eigenvalue weighted by Gasteiger charge is -2.32. The van der Waals surface area contributed by atoms with Gasteiger partial charge in [-0.3, -0.25) is 0 Å². The van der Waals surface area contributed by atoms with Crippen LogP contribution >= 0.6 is 23.2 Å². The minimum atomic E-state index is -5.07. The van der Waals surface area contributed by atoms with E-state index in [1.807, 2.05) is 60.7 Å². The van der Waals surface area contributed by atoms with Crippen LogP contribution in [0.15, 0.2) is 158 Å². The van der Waals surface area contributed by atoms with Crippen molar-refractivity contribution in [2.75, 3.05) is 13.2 Å². The second-order valence-corrected chi connectivity index (χ2v) is 22.9. The van der Waals surface area contributed by atoms with Crippen LogP contribution in [0.1, 0.15) is 102 Å². The van der Waals surface area contributed by atoms with Crippen LogP contribution in [0.3, 0.4) is 0 Å². The number of benzene rings is 6. The SMILES string of the molecule is CCCCCCCCOc1ccc(-c2c3c4n(c(-c5ccc(OCCCCCCCC)cc5)c3c3n2[B-](F)(F)[n+]2c(cc(-c5ccccc5)c5cc(Cl)ccc52)C=3C#N)[B-](F)(F)[n+]2c(cc(-c3ccccc3)c3cc(Cl)ccc32)C=4C#N)cc1. The number of pyridine rings is 2. The summed E-state index contributed by atoms with van der Waals surface area (Å²) in [7, 11) is 0. The molecule has 8 nitrogen and oxygen atoms in total. The van der Waals surface area contributed by atoms with Crippen LogP contribution in [0.2, 0.25) is 10.0 Å². The summed E-state index contributed by atoms with van der Waals surface area (Å²) in [4.78, 5) is 0. The standard InChI is InChI=1S/C68H60B2Cl2F4N6O2/c1-3-5-7-9-11-19-37-83-51-31-25-47(26-32-51)65-63-64(68-58(44-78)62-42-54(46-23-17-14-18-24-46)55-39-49(71)29-35-59(55)79(62)69(73,74)81(65)68)66(48-27-33-52(34-28-48)84-38-20-12-10-8-6-4-2)82-67(63)57(43-77)61-41-53(45-21-15-13-16-22-45)56-40-50(72)30-36-60(56)80(61)70(82,75)76/h13-18,21-36,39-42H,3-12,19-20,37-38H2,1-2H3. The Morgan fingerprint density at radius 1 is 0.452 bits per heavy atom. The summed E-state index contributed by atoms with van der Waals surface area (Å²) >= 11 is 13.4. The Kier molecular flexibility index (Phi) is 15.7. The Bertz CT molecular complexity index is 4130. The van der Waals surface area contributed by atoms with Gasteiger partial charge in [-0.25, -0.2) is 0 Å². The molecule has 6 heterocycles. The van der Waals surface area contributed by atoms with Gasteiger partial charge in [0.25, 0.3) is 0 Å². The van der Waals surface area contributed by atoms with E-state index in [-0.39, 0.29) is 77.6 Å². The third-order valence-corrected chi connectivity index (χ3v) is 17.1. The monoisotopic (exact) mass is 1160 g/mol. The Balaban J connectivity index is 1.21. The average molecular weight is 1160 g/mol. The highest BCUT2D eigenvalue weighted by Gasteiger charge is 2.56. The Morgan fingerprint density at radius 2 is 0.821 bits per heavy atom. The molecule has 84 heavy (non-hydrogen) atoms. The average Bonchev–Trinajstić information content (AvgIpc) is 1.48. The molecular formula is C68H60B2Cl2F4N6O2. The number of aromatic nitrogens is 4. The molecule has 0 unspecified atom stereocenters. The fourth-order valence-electron chi connectivity index (χ4n) is 12.8. The Hall–Kier alpha value is -8.29. The van der Waals surface area contributed by atoms with Crippen LogP contribution in [-0.4, -0.2) is 36.1 Å². The molecule has 0 amide bonds. The minimum Gasteiger partial charge on any atom is -0.494 e. The van der Waals surface area contributed by atoms with Gasteiger partial charge in [0.1, 0.15) is 34.8 Å². The van der Waals surface area contributed by atoms with Crippen molar-refractivity contribution in [3.8, 4) is 68.4 Å². The molecule has 0 saturated heterocycles. The molecule has 0 bridgehead atoms. The molecule has 4 aromatic heterocycles. The Labute approximate surface area is 495 Å². The molecule has 12 rings (SSSR count). The molecule has 2 aliphatic rings. The lowest BCUT2D eigenvalue weighted by molar-refractivity contribution is -0.544. The number of fused-ring (bicyclic) bond motifs is 11. The van der Waals surface area contributed by atoms with Crippen LogP contribution in [0.4, 0.5) is 17.3 Å². The number of nitriles is 2. The van der Waals surface area contributed by atoms with E-state index in [0.717, 1.165) is 82.1 Å². The van der Waals surface area contributed by atoms with Crippen LogP contribution in [0.5, 0.6) is 11.5 Å². The van der Waals surface area contributed by atoms with Crippen molar-refractivity contribution < 1.29 is 35.7 Å². The van der Waals surface area contributed by atoms with Crippen LogP contribution in [-0.2, 0) is 0 Å². The minimum absolute atomic E-state index is 0.0516. The van der Waals surface area contributed by atoms with Crippen molar-refractivity contribution in [3.05, 3.63) is 190 Å². The maximum Gasteiger partial charge on any atom is 0.738 e. The van der Waals surface area contributed by atoms with Crippen molar-refractivity contribution in [2.45, 2.75) is 90.9 Å². The molecule has 0 radical (unpaired) electrons. The molecule has 0 N–H and O–H groups in total. The summed E-state index contributed by atoms with van der Waals surface area (Å²) in [5, 5.41) is 24.4. The third-order valence-electron chi connectivity index (χ3n) is 16.7. The third kappa shape index (κ3) is 9.77. The largest absolute Gasteiger partial charge is 0.738 e. The van der Waals surface area contributed by atoms with E-state index in [4.69, 9.17) is 32.7 Å². The molecule has 422 valence electrons. The molecule has 2 aliphatic heterocycles. The van der Waals surface area contributed by atoms with E-state index in [9.17, 15) is 10.5 Å². The molecule has 6 aromatic carbocycles. The van der Waals surface area contributed by atoms with Crippen molar-refractivity contribution in [1.82, 2.24) is 8.96 Å². The number of ether oxygens (including phenoxy) is 2. The van der Waals surface area contributed by atoms with E-state index >= 15 is 17.3 Å². The van der Waals surface area contributed by atoms with Gasteiger partial charge in [0.2, 0.25) is 0 Å². The molecule has 16 heteroatoms. The number of nitrogens with zero attached hydrogens (tertiary/aromatic N) is 6. The predicted molar refractivity (Wildman–Crippen MR) is 331 cm³/mol. The summed E-state index contributed by atoms with van der Waals surface area (Å²) in [6.45, 7) is -4.92. The van der Waals surface area contributed by atoms with E-state index in [0.29, 0.717) is 67.8 Å². The number of hydrogen-bond acceptors (Lipinski definition) is 4. The quantitative estimate of drug-likeness (QED) is 0.0432. The summed E-state index contributed by atoms with van der Waals surface area (Å²) in [5.74, 6) is 0.990. The maximum atomic E-state index is 19.3. The van der Waals surface area contributed by atoms with E-state index in [1.165, 1.54) is 37.1 Å². The van der Waals surface area contributed by atoms with Gasteiger partial charge in [0, 0.05) is 78.3 Å². The van der Waals surface area contributed by atoms with E-state index in [2.05, 4.69) is 26.0 Å². The summed E-state index contributed by atoms with van der Waals surface area (Å²) in [5.41, 5.74) is 2.08. The van der Waals surface area contributed by atoms with Crippen LogP contribution in [0, 0.1) is 22.7 Å². The lowest BCUT2D eigenvalue weighted by Crippen LogP contribution is -2.71. The molecule has 0 saturated carbocycles. The van der Waals surface area contributed by atoms with Crippen LogP contribution in [0.25, 0.3) is 88.5 Å². The maximum absolute atomic E-state index is 19.3. The molecule has 0 atom stereocenters. The molecule has 0 fully saturated rings. The zero-order valence-corrected chi connectivity index (χ0v) is 48.3. The lowest BCUT2D eigenvalue weighted by atomic mass is 9.84. The molecule has 0 aliphatic carbocycles. The zero-order chi connectivity index (χ0) is 58.3. The topological polar surface area (TPSA) is 83.7 Å². The molecule has 0 spiro atoms.